The second kappa shape index (κ2) is 8.57. The molecular weight excluding hydrogens is 348 g/mol. The molecule has 0 atom stereocenters. The number of carbonyl (C=O) groups is 1. The Bertz CT molecular complexity index is 708. The summed E-state index contributed by atoms with van der Waals surface area (Å²) in [4.78, 5) is 33.4. The molecule has 2 heterocycles. The summed E-state index contributed by atoms with van der Waals surface area (Å²) in [5, 5.41) is 0.780. The van der Waals surface area contributed by atoms with Crippen LogP contribution in [0, 0.1) is 5.92 Å². The number of amides is 1. The standard InChI is InChI=1S/C19H30N4O2S/c1-14-7-9-22(10-8-14)17(24)13-26-18-15-5-4-6-16(15)23(19(25)20-18)12-11-21(2)3/h14H,4-13H2,1-3H3. The molecule has 0 spiro atoms. The maximum absolute atomic E-state index is 12.5. The molecule has 0 N–H and O–H groups in total. The largest absolute Gasteiger partial charge is 0.348 e. The van der Waals surface area contributed by atoms with E-state index in [0.717, 1.165) is 62.5 Å². The van der Waals surface area contributed by atoms with Gasteiger partial charge in [0.05, 0.1) is 5.75 Å². The molecule has 0 unspecified atom stereocenters. The number of carbonyl (C=O) groups excluding carboxylic acids is 1. The van der Waals surface area contributed by atoms with Crippen molar-refractivity contribution < 1.29 is 4.79 Å². The molecule has 2 aliphatic rings. The van der Waals surface area contributed by atoms with Gasteiger partial charge >= 0.3 is 5.69 Å². The van der Waals surface area contributed by atoms with E-state index in [-0.39, 0.29) is 11.6 Å². The molecule has 0 bridgehead atoms. The van der Waals surface area contributed by atoms with Crippen molar-refractivity contribution in [3.63, 3.8) is 0 Å². The number of likely N-dealkylation sites (N-methyl/N-ethyl adjacent to an activating group) is 1. The smallest absolute Gasteiger partial charge is 0.342 e. The normalized spacial score (nSPS) is 17.8. The highest BCUT2D eigenvalue weighted by Crippen LogP contribution is 2.29. The number of thioether (sulfide) groups is 1. The maximum atomic E-state index is 12.5. The fraction of sp³-hybridized carbons (Fsp3) is 0.737. The van der Waals surface area contributed by atoms with Gasteiger partial charge in [-0.25, -0.2) is 4.79 Å². The SMILES string of the molecule is CC1CCN(C(=O)CSc2nc(=O)n(CCN(C)C)c3c2CCC3)CC1. The Balaban J connectivity index is 1.69. The van der Waals surface area contributed by atoms with Crippen LogP contribution < -0.4 is 5.69 Å². The average molecular weight is 379 g/mol. The highest BCUT2D eigenvalue weighted by Gasteiger charge is 2.24. The molecular formula is C19H30N4O2S. The first-order valence-corrected chi connectivity index (χ1v) is 10.6. The molecule has 0 radical (unpaired) electrons. The Kier molecular flexibility index (Phi) is 6.40. The number of rotatable bonds is 6. The predicted octanol–water partition coefficient (Wildman–Crippen LogP) is 1.64. The van der Waals surface area contributed by atoms with E-state index in [2.05, 4.69) is 16.8 Å². The van der Waals surface area contributed by atoms with E-state index in [4.69, 9.17) is 0 Å². The molecule has 1 aliphatic heterocycles. The summed E-state index contributed by atoms with van der Waals surface area (Å²) < 4.78 is 1.83. The lowest BCUT2D eigenvalue weighted by Gasteiger charge is -2.30. The Labute approximate surface area is 160 Å². The van der Waals surface area contributed by atoms with Crippen LogP contribution in [-0.4, -0.2) is 64.7 Å². The van der Waals surface area contributed by atoms with Crippen molar-refractivity contribution >= 4 is 17.7 Å². The number of piperidine rings is 1. The minimum absolute atomic E-state index is 0.172. The summed E-state index contributed by atoms with van der Waals surface area (Å²) >= 11 is 1.45. The molecule has 7 heteroatoms. The van der Waals surface area contributed by atoms with Crippen LogP contribution >= 0.6 is 11.8 Å². The van der Waals surface area contributed by atoms with Gasteiger partial charge in [0.25, 0.3) is 0 Å². The Hall–Kier alpha value is -1.34. The summed E-state index contributed by atoms with van der Waals surface area (Å²) in [6.07, 6.45) is 5.14. The van der Waals surface area contributed by atoms with Crippen LogP contribution in [0.25, 0.3) is 0 Å². The van der Waals surface area contributed by atoms with Crippen LogP contribution in [0.4, 0.5) is 0 Å². The Morgan fingerprint density at radius 1 is 1.27 bits per heavy atom. The van der Waals surface area contributed by atoms with Crippen LogP contribution in [-0.2, 0) is 24.2 Å². The number of aromatic nitrogens is 2. The van der Waals surface area contributed by atoms with Gasteiger partial charge in [-0.15, -0.1) is 0 Å². The van der Waals surface area contributed by atoms with E-state index in [1.54, 1.807) is 0 Å². The van der Waals surface area contributed by atoms with E-state index >= 15 is 0 Å². The van der Waals surface area contributed by atoms with E-state index in [0.29, 0.717) is 18.2 Å². The first kappa shape index (κ1) is 19.4. The van der Waals surface area contributed by atoms with Crippen LogP contribution in [0.5, 0.6) is 0 Å². The second-order valence-corrected chi connectivity index (χ2v) is 8.75. The third-order valence-electron chi connectivity index (χ3n) is 5.44. The van der Waals surface area contributed by atoms with Gasteiger partial charge in [-0.1, -0.05) is 18.7 Å². The second-order valence-electron chi connectivity index (χ2n) is 7.79. The van der Waals surface area contributed by atoms with Gasteiger partial charge in [-0.2, -0.15) is 4.98 Å². The zero-order chi connectivity index (χ0) is 18.7. The first-order valence-electron chi connectivity index (χ1n) is 9.63. The van der Waals surface area contributed by atoms with E-state index in [1.807, 2.05) is 23.6 Å². The number of fused-ring (bicyclic) bond motifs is 1. The van der Waals surface area contributed by atoms with E-state index in [1.165, 1.54) is 17.3 Å². The first-order chi connectivity index (χ1) is 12.5. The van der Waals surface area contributed by atoms with Crippen molar-refractivity contribution in [1.29, 1.82) is 0 Å². The van der Waals surface area contributed by atoms with Gasteiger partial charge in [0.15, 0.2) is 0 Å². The molecule has 0 aromatic carbocycles. The van der Waals surface area contributed by atoms with Gasteiger partial charge in [0, 0.05) is 37.4 Å². The average Bonchev–Trinajstić information content (AvgIpc) is 3.09. The lowest BCUT2D eigenvalue weighted by molar-refractivity contribution is -0.129. The van der Waals surface area contributed by atoms with Crippen molar-refractivity contribution in [3.05, 3.63) is 21.7 Å². The number of hydrogen-bond acceptors (Lipinski definition) is 5. The van der Waals surface area contributed by atoms with Gasteiger partial charge in [-0.3, -0.25) is 9.36 Å². The van der Waals surface area contributed by atoms with Gasteiger partial charge in [-0.05, 0) is 52.1 Å². The summed E-state index contributed by atoms with van der Waals surface area (Å²) in [5.41, 5.74) is 2.15. The van der Waals surface area contributed by atoms with Crippen LogP contribution in [0.3, 0.4) is 0 Å². The molecule has 6 nitrogen and oxygen atoms in total. The molecule has 3 rings (SSSR count). The molecule has 144 valence electrons. The Morgan fingerprint density at radius 3 is 2.69 bits per heavy atom. The van der Waals surface area contributed by atoms with Gasteiger partial charge < -0.3 is 9.80 Å². The molecule has 1 aliphatic carbocycles. The highest BCUT2D eigenvalue weighted by atomic mass is 32.2. The Morgan fingerprint density at radius 2 is 2.00 bits per heavy atom. The van der Waals surface area contributed by atoms with Crippen LogP contribution in [0.15, 0.2) is 9.82 Å². The number of nitrogens with zero attached hydrogens (tertiary/aromatic N) is 4. The van der Waals surface area contributed by atoms with Crippen molar-refractivity contribution in [2.75, 3.05) is 39.5 Å². The minimum atomic E-state index is -0.172. The zero-order valence-corrected chi connectivity index (χ0v) is 17.0. The van der Waals surface area contributed by atoms with Crippen molar-refractivity contribution in [2.24, 2.45) is 5.92 Å². The molecule has 1 fully saturated rings. The topological polar surface area (TPSA) is 58.4 Å². The monoisotopic (exact) mass is 378 g/mol. The van der Waals surface area contributed by atoms with E-state index < -0.39 is 0 Å². The van der Waals surface area contributed by atoms with Gasteiger partial charge in [0.1, 0.15) is 5.03 Å². The quantitative estimate of drug-likeness (QED) is 0.556. The van der Waals surface area contributed by atoms with Crippen molar-refractivity contribution in [1.82, 2.24) is 19.4 Å². The third kappa shape index (κ3) is 4.49. The predicted molar refractivity (Wildman–Crippen MR) is 105 cm³/mol. The van der Waals surface area contributed by atoms with Crippen molar-refractivity contribution in [2.45, 2.75) is 50.6 Å². The minimum Gasteiger partial charge on any atom is -0.342 e. The fourth-order valence-electron chi connectivity index (χ4n) is 3.72. The zero-order valence-electron chi connectivity index (χ0n) is 16.2. The molecule has 26 heavy (non-hydrogen) atoms. The summed E-state index contributed by atoms with van der Waals surface area (Å²) in [6.45, 7) is 5.47. The molecule has 1 saturated heterocycles. The van der Waals surface area contributed by atoms with E-state index in [9.17, 15) is 9.59 Å². The summed E-state index contributed by atoms with van der Waals surface area (Å²) in [5.74, 6) is 1.27. The maximum Gasteiger partial charge on any atom is 0.348 e. The third-order valence-corrected chi connectivity index (χ3v) is 6.44. The molecule has 1 aromatic heterocycles. The molecule has 1 amide bonds. The number of likely N-dealkylation sites (tertiary alicyclic amines) is 1. The number of hydrogen-bond donors (Lipinski definition) is 0. The fourth-order valence-corrected chi connectivity index (χ4v) is 4.70. The lowest BCUT2D eigenvalue weighted by Crippen LogP contribution is -2.39. The highest BCUT2D eigenvalue weighted by molar-refractivity contribution is 7.99. The summed E-state index contributed by atoms with van der Waals surface area (Å²) in [7, 11) is 4.02. The summed E-state index contributed by atoms with van der Waals surface area (Å²) in [6, 6.07) is 0. The van der Waals surface area contributed by atoms with Gasteiger partial charge in [0.2, 0.25) is 5.91 Å². The van der Waals surface area contributed by atoms with Crippen LogP contribution in [0.1, 0.15) is 37.4 Å². The van der Waals surface area contributed by atoms with Crippen molar-refractivity contribution in [3.8, 4) is 0 Å². The van der Waals surface area contributed by atoms with Crippen LogP contribution in [0.2, 0.25) is 0 Å². The lowest BCUT2D eigenvalue weighted by atomic mass is 9.99. The molecule has 0 saturated carbocycles. The molecule has 1 aromatic rings.